The first-order chi connectivity index (χ1) is 5.83. The van der Waals surface area contributed by atoms with Crippen LogP contribution in [-0.4, -0.2) is 22.6 Å². The highest BCUT2D eigenvalue weighted by molar-refractivity contribution is 7.98. The van der Waals surface area contributed by atoms with Gasteiger partial charge >= 0.3 is 0 Å². The molecular formula is C8H13N3S. The smallest absolute Gasteiger partial charge is 0.0969 e. The lowest BCUT2D eigenvalue weighted by Gasteiger charge is -2.11. The predicted molar refractivity (Wildman–Crippen MR) is 50.4 cm³/mol. The summed E-state index contributed by atoms with van der Waals surface area (Å²) in [6, 6.07) is 0. The molecule has 0 radical (unpaired) electrons. The van der Waals surface area contributed by atoms with Crippen LogP contribution < -0.4 is 5.32 Å². The maximum Gasteiger partial charge on any atom is 0.0969 e. The van der Waals surface area contributed by atoms with Crippen LogP contribution >= 0.6 is 11.8 Å². The van der Waals surface area contributed by atoms with Gasteiger partial charge in [-0.1, -0.05) is 0 Å². The first kappa shape index (κ1) is 8.13. The summed E-state index contributed by atoms with van der Waals surface area (Å²) in [6.45, 7) is 2.02. The van der Waals surface area contributed by atoms with Crippen LogP contribution in [-0.2, 0) is 20.0 Å². The number of hydrogen-bond acceptors (Lipinski definition) is 3. The van der Waals surface area contributed by atoms with Gasteiger partial charge in [-0.2, -0.15) is 5.10 Å². The Labute approximate surface area is 76.5 Å². The van der Waals surface area contributed by atoms with Crippen LogP contribution in [0.2, 0.25) is 0 Å². The molecule has 1 aliphatic heterocycles. The molecule has 66 valence electrons. The van der Waals surface area contributed by atoms with Crippen molar-refractivity contribution >= 4 is 11.8 Å². The molecule has 0 bridgehead atoms. The third kappa shape index (κ3) is 1.15. The molecule has 1 aromatic heterocycles. The zero-order valence-corrected chi connectivity index (χ0v) is 8.24. The Morgan fingerprint density at radius 2 is 2.42 bits per heavy atom. The molecular weight excluding hydrogens is 170 g/mol. The van der Waals surface area contributed by atoms with E-state index >= 15 is 0 Å². The zero-order valence-electron chi connectivity index (χ0n) is 7.42. The number of rotatable bonds is 1. The van der Waals surface area contributed by atoms with Crippen LogP contribution in [0.1, 0.15) is 11.3 Å². The Bertz CT molecular complexity index is 293. The normalized spacial score (nSPS) is 16.2. The van der Waals surface area contributed by atoms with E-state index in [1.807, 2.05) is 11.7 Å². The fraction of sp³-hybridized carbons (Fsp3) is 0.625. The maximum atomic E-state index is 4.46. The Hall–Kier alpha value is -0.480. The molecule has 3 nitrogen and oxygen atoms in total. The van der Waals surface area contributed by atoms with Crippen LogP contribution in [0.25, 0.3) is 0 Å². The van der Waals surface area contributed by atoms with Crippen molar-refractivity contribution in [2.24, 2.45) is 7.05 Å². The Morgan fingerprint density at radius 1 is 1.58 bits per heavy atom. The van der Waals surface area contributed by atoms with Crippen molar-refractivity contribution in [3.8, 4) is 0 Å². The summed E-state index contributed by atoms with van der Waals surface area (Å²) in [6.07, 6.45) is 3.23. The fourth-order valence-electron chi connectivity index (χ4n) is 1.67. The van der Waals surface area contributed by atoms with E-state index in [4.69, 9.17) is 0 Å². The van der Waals surface area contributed by atoms with Crippen molar-refractivity contribution < 1.29 is 0 Å². The number of nitrogens with zero attached hydrogens (tertiary/aromatic N) is 2. The average Bonchev–Trinajstić information content (AvgIpc) is 2.40. The molecule has 4 heteroatoms. The lowest BCUT2D eigenvalue weighted by Crippen LogP contribution is -2.23. The number of nitrogens with one attached hydrogen (secondary N) is 1. The average molecular weight is 183 g/mol. The van der Waals surface area contributed by atoms with Crippen LogP contribution in [0.5, 0.6) is 0 Å². The van der Waals surface area contributed by atoms with Gasteiger partial charge in [-0.25, -0.2) is 0 Å². The van der Waals surface area contributed by atoms with Crippen molar-refractivity contribution in [3.05, 3.63) is 11.3 Å². The molecule has 1 aromatic rings. The standard InChI is InChI=1S/C8H13N3S/c1-11-8(12-2)6-3-4-9-5-7(6)10-11/h9H,3-5H2,1-2H3. The van der Waals surface area contributed by atoms with Gasteiger partial charge in [-0.15, -0.1) is 11.8 Å². The van der Waals surface area contributed by atoms with Crippen LogP contribution in [0.15, 0.2) is 5.03 Å². The van der Waals surface area contributed by atoms with Gasteiger partial charge in [0.1, 0.15) is 0 Å². The highest BCUT2D eigenvalue weighted by Gasteiger charge is 2.17. The molecule has 0 saturated carbocycles. The second-order valence-electron chi connectivity index (χ2n) is 2.98. The lowest BCUT2D eigenvalue weighted by atomic mass is 10.1. The first-order valence-corrected chi connectivity index (χ1v) is 5.35. The number of aryl methyl sites for hydroxylation is 1. The van der Waals surface area contributed by atoms with Gasteiger partial charge in [0.2, 0.25) is 0 Å². The van der Waals surface area contributed by atoms with Gasteiger partial charge in [0.15, 0.2) is 0 Å². The molecule has 0 saturated heterocycles. The number of fused-ring (bicyclic) bond motifs is 1. The van der Waals surface area contributed by atoms with Crippen molar-refractivity contribution in [2.75, 3.05) is 12.8 Å². The van der Waals surface area contributed by atoms with Crippen molar-refractivity contribution in [1.29, 1.82) is 0 Å². The van der Waals surface area contributed by atoms with E-state index in [0.29, 0.717) is 0 Å². The lowest BCUT2D eigenvalue weighted by molar-refractivity contribution is 0.624. The van der Waals surface area contributed by atoms with Crippen molar-refractivity contribution in [1.82, 2.24) is 15.1 Å². The molecule has 0 amide bonds. The van der Waals surface area contributed by atoms with E-state index in [9.17, 15) is 0 Å². The molecule has 0 unspecified atom stereocenters. The molecule has 12 heavy (non-hydrogen) atoms. The monoisotopic (exact) mass is 183 g/mol. The van der Waals surface area contributed by atoms with Gasteiger partial charge < -0.3 is 5.32 Å². The summed E-state index contributed by atoms with van der Waals surface area (Å²) in [5, 5.41) is 9.10. The summed E-state index contributed by atoms with van der Waals surface area (Å²) >= 11 is 1.79. The highest BCUT2D eigenvalue weighted by Crippen LogP contribution is 2.24. The quantitative estimate of drug-likeness (QED) is 0.653. The molecule has 0 aromatic carbocycles. The zero-order chi connectivity index (χ0) is 8.55. The molecule has 2 heterocycles. The third-order valence-electron chi connectivity index (χ3n) is 2.21. The highest BCUT2D eigenvalue weighted by atomic mass is 32.2. The van der Waals surface area contributed by atoms with Gasteiger partial charge in [0.05, 0.1) is 10.7 Å². The molecule has 1 N–H and O–H groups in total. The largest absolute Gasteiger partial charge is 0.311 e. The third-order valence-corrected chi connectivity index (χ3v) is 3.11. The molecule has 2 rings (SSSR count). The number of aromatic nitrogens is 2. The second kappa shape index (κ2) is 3.11. The molecule has 0 aliphatic carbocycles. The fourth-order valence-corrected chi connectivity index (χ4v) is 2.45. The van der Waals surface area contributed by atoms with Crippen LogP contribution in [0.3, 0.4) is 0 Å². The van der Waals surface area contributed by atoms with Crippen molar-refractivity contribution in [3.63, 3.8) is 0 Å². The Kier molecular flexibility index (Phi) is 2.11. The van der Waals surface area contributed by atoms with Crippen LogP contribution in [0, 0.1) is 0 Å². The summed E-state index contributed by atoms with van der Waals surface area (Å²) < 4.78 is 1.99. The molecule has 0 spiro atoms. The first-order valence-electron chi connectivity index (χ1n) is 4.12. The van der Waals surface area contributed by atoms with E-state index < -0.39 is 0 Å². The van der Waals surface area contributed by atoms with Gasteiger partial charge in [0.25, 0.3) is 0 Å². The van der Waals surface area contributed by atoms with Gasteiger partial charge in [0, 0.05) is 19.2 Å². The Morgan fingerprint density at radius 3 is 3.17 bits per heavy atom. The van der Waals surface area contributed by atoms with Gasteiger partial charge in [-0.05, 0) is 19.2 Å². The van der Waals surface area contributed by atoms with E-state index in [0.717, 1.165) is 19.5 Å². The summed E-state index contributed by atoms with van der Waals surface area (Å²) in [5.74, 6) is 0. The van der Waals surface area contributed by atoms with Gasteiger partial charge in [-0.3, -0.25) is 4.68 Å². The number of thioether (sulfide) groups is 1. The summed E-state index contributed by atoms with van der Waals surface area (Å²) in [5.41, 5.74) is 2.68. The SMILES string of the molecule is CSc1c2c(nn1C)CNCC2. The maximum absolute atomic E-state index is 4.46. The molecule has 0 atom stereocenters. The molecule has 1 aliphatic rings. The van der Waals surface area contributed by atoms with Crippen LogP contribution in [0.4, 0.5) is 0 Å². The van der Waals surface area contributed by atoms with Crippen molar-refractivity contribution in [2.45, 2.75) is 18.0 Å². The Balaban J connectivity index is 2.46. The minimum absolute atomic E-state index is 0.934. The summed E-state index contributed by atoms with van der Waals surface area (Å²) in [4.78, 5) is 0. The van der Waals surface area contributed by atoms with E-state index in [1.165, 1.54) is 16.3 Å². The minimum Gasteiger partial charge on any atom is -0.311 e. The minimum atomic E-state index is 0.934. The molecule has 0 fully saturated rings. The number of hydrogen-bond donors (Lipinski definition) is 1. The predicted octanol–water partition coefficient (Wildman–Crippen LogP) is 0.788. The second-order valence-corrected chi connectivity index (χ2v) is 3.78. The van der Waals surface area contributed by atoms with E-state index in [-0.39, 0.29) is 0 Å². The van der Waals surface area contributed by atoms with E-state index in [1.54, 1.807) is 11.8 Å². The van der Waals surface area contributed by atoms with E-state index in [2.05, 4.69) is 16.7 Å². The topological polar surface area (TPSA) is 29.9 Å². The summed E-state index contributed by atoms with van der Waals surface area (Å²) in [7, 11) is 2.02.